The van der Waals surface area contributed by atoms with E-state index < -0.39 is 5.82 Å². The second-order valence-electron chi connectivity index (χ2n) is 8.35. The van der Waals surface area contributed by atoms with Gasteiger partial charge in [-0.05, 0) is 48.2 Å². The van der Waals surface area contributed by atoms with E-state index in [4.69, 9.17) is 5.10 Å². The van der Waals surface area contributed by atoms with Gasteiger partial charge in [-0.15, -0.1) is 0 Å². The molecule has 6 nitrogen and oxygen atoms in total. The van der Waals surface area contributed by atoms with Crippen LogP contribution in [0.25, 0.3) is 28.6 Å². The number of rotatable bonds is 8. The lowest BCUT2D eigenvalue weighted by molar-refractivity contribution is 0.602. The van der Waals surface area contributed by atoms with Crippen molar-refractivity contribution in [1.29, 1.82) is 0 Å². The molecule has 0 aliphatic carbocycles. The molecule has 0 unspecified atom stereocenters. The zero-order chi connectivity index (χ0) is 25.1. The minimum absolute atomic E-state index is 0.0532. The molecule has 0 radical (unpaired) electrons. The molecule has 0 aliphatic rings. The standard InChI is InChI=1S/C28H24F2N6/c1-3-19-9-4-5-11-21(19)17-36-28-22(12-8-15-32-28)25(35-36)27-33-18(2)24(30)26(34-27)31-16-14-20-10-6-7-13-23(20)29/h3-13,15H,1,14,16-17H2,2H3,(H,31,33,34). The van der Waals surface area contributed by atoms with Crippen LogP contribution >= 0.6 is 0 Å². The third-order valence-electron chi connectivity index (χ3n) is 5.98. The summed E-state index contributed by atoms with van der Waals surface area (Å²) in [6.45, 7) is 6.26. The van der Waals surface area contributed by atoms with Crippen LogP contribution in [0.15, 0.2) is 73.4 Å². The predicted molar refractivity (Wildman–Crippen MR) is 137 cm³/mol. The summed E-state index contributed by atoms with van der Waals surface area (Å²) in [5.41, 5.74) is 3.97. The number of anilines is 1. The molecule has 3 heterocycles. The van der Waals surface area contributed by atoms with E-state index in [-0.39, 0.29) is 23.2 Å². The zero-order valence-electron chi connectivity index (χ0n) is 19.7. The molecule has 0 bridgehead atoms. The first-order chi connectivity index (χ1) is 17.5. The monoisotopic (exact) mass is 482 g/mol. The molecule has 8 heteroatoms. The van der Waals surface area contributed by atoms with Crippen molar-refractivity contribution in [1.82, 2.24) is 24.7 Å². The van der Waals surface area contributed by atoms with Crippen LogP contribution in [0.3, 0.4) is 0 Å². The normalized spacial score (nSPS) is 11.1. The van der Waals surface area contributed by atoms with E-state index in [1.54, 1.807) is 42.1 Å². The number of nitrogens with one attached hydrogen (secondary N) is 1. The maximum absolute atomic E-state index is 14.9. The van der Waals surface area contributed by atoms with Crippen molar-refractivity contribution in [2.45, 2.75) is 19.9 Å². The molecule has 5 aromatic rings. The molecular weight excluding hydrogens is 458 g/mol. The molecule has 0 spiro atoms. The first kappa shape index (κ1) is 23.3. The molecular formula is C28H24F2N6. The van der Waals surface area contributed by atoms with Gasteiger partial charge in [0.25, 0.3) is 0 Å². The number of nitrogens with zero attached hydrogens (tertiary/aromatic N) is 5. The Morgan fingerprint density at radius 3 is 2.56 bits per heavy atom. The fourth-order valence-electron chi connectivity index (χ4n) is 4.12. The Bertz CT molecular complexity index is 1560. The molecule has 0 atom stereocenters. The van der Waals surface area contributed by atoms with Gasteiger partial charge >= 0.3 is 0 Å². The van der Waals surface area contributed by atoms with Crippen LogP contribution < -0.4 is 5.32 Å². The molecule has 2 aromatic carbocycles. The summed E-state index contributed by atoms with van der Waals surface area (Å²) in [5, 5.41) is 8.53. The Balaban J connectivity index is 1.49. The first-order valence-corrected chi connectivity index (χ1v) is 11.6. The van der Waals surface area contributed by atoms with Gasteiger partial charge in [0.05, 0.1) is 17.6 Å². The van der Waals surface area contributed by atoms with Crippen molar-refractivity contribution in [3.63, 3.8) is 0 Å². The van der Waals surface area contributed by atoms with Gasteiger partial charge in [-0.25, -0.2) is 28.4 Å². The van der Waals surface area contributed by atoms with Crippen molar-refractivity contribution < 1.29 is 8.78 Å². The third-order valence-corrected chi connectivity index (χ3v) is 5.98. The van der Waals surface area contributed by atoms with Crippen molar-refractivity contribution in [3.05, 3.63) is 107 Å². The number of aromatic nitrogens is 5. The Morgan fingerprint density at radius 1 is 0.972 bits per heavy atom. The number of hydrogen-bond donors (Lipinski definition) is 1. The van der Waals surface area contributed by atoms with Crippen molar-refractivity contribution >= 4 is 22.9 Å². The lowest BCUT2D eigenvalue weighted by atomic mass is 10.1. The van der Waals surface area contributed by atoms with Gasteiger partial charge in [0, 0.05) is 12.7 Å². The van der Waals surface area contributed by atoms with E-state index in [1.165, 1.54) is 6.07 Å². The van der Waals surface area contributed by atoms with Crippen LogP contribution in [0, 0.1) is 18.6 Å². The predicted octanol–water partition coefficient (Wildman–Crippen LogP) is 5.82. The summed E-state index contributed by atoms with van der Waals surface area (Å²) in [6, 6.07) is 18.2. The molecule has 0 saturated carbocycles. The maximum atomic E-state index is 14.9. The fourth-order valence-corrected chi connectivity index (χ4v) is 4.12. The molecule has 0 amide bonds. The third kappa shape index (κ3) is 4.57. The Morgan fingerprint density at radius 2 is 1.75 bits per heavy atom. The van der Waals surface area contributed by atoms with E-state index >= 15 is 0 Å². The van der Waals surface area contributed by atoms with Crippen molar-refractivity contribution in [3.8, 4) is 11.5 Å². The van der Waals surface area contributed by atoms with E-state index in [1.807, 2.05) is 36.4 Å². The first-order valence-electron chi connectivity index (χ1n) is 11.6. The van der Waals surface area contributed by atoms with Gasteiger partial charge in [-0.3, -0.25) is 0 Å². The molecule has 0 aliphatic heterocycles. The summed E-state index contributed by atoms with van der Waals surface area (Å²) >= 11 is 0. The lowest BCUT2D eigenvalue weighted by Crippen LogP contribution is -2.11. The van der Waals surface area contributed by atoms with Crippen LogP contribution in [0.5, 0.6) is 0 Å². The quantitative estimate of drug-likeness (QED) is 0.302. The van der Waals surface area contributed by atoms with Crippen LogP contribution in [-0.2, 0) is 13.0 Å². The number of aryl methyl sites for hydroxylation is 1. The maximum Gasteiger partial charge on any atom is 0.186 e. The molecule has 36 heavy (non-hydrogen) atoms. The van der Waals surface area contributed by atoms with Gasteiger partial charge in [0.1, 0.15) is 11.5 Å². The summed E-state index contributed by atoms with van der Waals surface area (Å²) < 4.78 is 30.6. The minimum Gasteiger partial charge on any atom is -0.367 e. The average Bonchev–Trinajstić information content (AvgIpc) is 3.26. The molecule has 0 fully saturated rings. The molecule has 1 N–H and O–H groups in total. The van der Waals surface area contributed by atoms with Crippen LogP contribution in [0.2, 0.25) is 0 Å². The minimum atomic E-state index is -0.547. The summed E-state index contributed by atoms with van der Waals surface area (Å²) in [5.74, 6) is -0.496. The van der Waals surface area contributed by atoms with Crippen molar-refractivity contribution in [2.75, 3.05) is 11.9 Å². The van der Waals surface area contributed by atoms with Gasteiger partial charge in [0.15, 0.2) is 23.1 Å². The largest absolute Gasteiger partial charge is 0.367 e. The highest BCUT2D eigenvalue weighted by atomic mass is 19.1. The van der Waals surface area contributed by atoms with Crippen molar-refractivity contribution in [2.24, 2.45) is 0 Å². The van der Waals surface area contributed by atoms with E-state index in [0.29, 0.717) is 36.4 Å². The summed E-state index contributed by atoms with van der Waals surface area (Å²) in [6.07, 6.45) is 3.89. The number of halogens is 2. The van der Waals surface area contributed by atoms with E-state index in [2.05, 4.69) is 26.8 Å². The average molecular weight is 483 g/mol. The van der Waals surface area contributed by atoms with Gasteiger partial charge in [0.2, 0.25) is 0 Å². The van der Waals surface area contributed by atoms with Crippen LogP contribution in [-0.4, -0.2) is 31.3 Å². The van der Waals surface area contributed by atoms with E-state index in [9.17, 15) is 8.78 Å². The van der Waals surface area contributed by atoms with Gasteiger partial charge in [-0.1, -0.05) is 55.1 Å². The highest BCUT2D eigenvalue weighted by molar-refractivity contribution is 5.89. The van der Waals surface area contributed by atoms with Gasteiger partial charge in [-0.2, -0.15) is 5.10 Å². The highest BCUT2D eigenvalue weighted by Gasteiger charge is 2.19. The number of fused-ring (bicyclic) bond motifs is 1. The SMILES string of the molecule is C=Cc1ccccc1Cn1nc(-c2nc(C)c(F)c(NCCc3ccccc3F)n2)c2cccnc21. The number of hydrogen-bond acceptors (Lipinski definition) is 5. The summed E-state index contributed by atoms with van der Waals surface area (Å²) in [4.78, 5) is 13.4. The molecule has 5 rings (SSSR count). The number of pyridine rings is 1. The van der Waals surface area contributed by atoms with Gasteiger partial charge < -0.3 is 5.32 Å². The lowest BCUT2D eigenvalue weighted by Gasteiger charge is -2.10. The smallest absolute Gasteiger partial charge is 0.186 e. The van der Waals surface area contributed by atoms with Crippen LogP contribution in [0.4, 0.5) is 14.6 Å². The summed E-state index contributed by atoms with van der Waals surface area (Å²) in [7, 11) is 0. The van der Waals surface area contributed by atoms with Crippen LogP contribution in [0.1, 0.15) is 22.4 Å². The topological polar surface area (TPSA) is 68.5 Å². The molecule has 3 aromatic heterocycles. The Labute approximate surface area is 207 Å². The Hall–Kier alpha value is -4.46. The molecule has 180 valence electrons. The zero-order valence-corrected chi connectivity index (χ0v) is 19.7. The second kappa shape index (κ2) is 10.0. The fraction of sp³-hybridized carbons (Fsp3) is 0.143. The second-order valence-corrected chi connectivity index (χ2v) is 8.35. The number of benzene rings is 2. The highest BCUT2D eigenvalue weighted by Crippen LogP contribution is 2.28. The Kier molecular flexibility index (Phi) is 6.49. The molecule has 0 saturated heterocycles. The van der Waals surface area contributed by atoms with E-state index in [0.717, 1.165) is 16.5 Å².